The molecule has 0 aliphatic carbocycles. The molecule has 0 heterocycles. The summed E-state index contributed by atoms with van der Waals surface area (Å²) in [5, 5.41) is 11.0. The predicted octanol–water partition coefficient (Wildman–Crippen LogP) is -5.55. The van der Waals surface area contributed by atoms with E-state index in [1.54, 1.807) is 0 Å². The van der Waals surface area contributed by atoms with Crippen LogP contribution in [0.2, 0.25) is 0 Å². The fourth-order valence-corrected chi connectivity index (χ4v) is 0. The van der Waals surface area contributed by atoms with Crippen LogP contribution in [0.1, 0.15) is 2.85 Å². The average molecular weight is 264 g/mol. The van der Waals surface area contributed by atoms with Crippen LogP contribution in [-0.2, 0) is 23.7 Å². The molecule has 0 aromatic heterocycles. The van der Waals surface area contributed by atoms with Gasteiger partial charge in [0.1, 0.15) is 0 Å². The summed E-state index contributed by atoms with van der Waals surface area (Å²) in [4.78, 5) is 0. The number of hydrogen-bond donors (Lipinski definition) is 2. The first-order valence-corrected chi connectivity index (χ1v) is 1.18. The van der Waals surface area contributed by atoms with Gasteiger partial charge in [-0.2, -0.15) is 0 Å². The van der Waals surface area contributed by atoms with Gasteiger partial charge >= 0.3 is 82.8 Å². The zero-order chi connectivity index (χ0) is 6.00. The van der Waals surface area contributed by atoms with E-state index >= 15 is 0 Å². The fraction of sp³-hybridized carbons (Fsp3) is 0. The van der Waals surface area contributed by atoms with Crippen molar-refractivity contribution >= 4 is 0 Å². The third-order valence-electron chi connectivity index (χ3n) is 0. The van der Waals surface area contributed by atoms with Gasteiger partial charge in [0.2, 0.25) is 0 Å². The molecule has 0 aliphatic rings. The van der Waals surface area contributed by atoms with Crippen molar-refractivity contribution < 1.29 is 124 Å². The first-order valence-electron chi connectivity index (χ1n) is 0.542. The zero-order valence-electron chi connectivity index (χ0n) is 8.19. The predicted molar refractivity (Wildman–Crippen MR) is 19.6 cm³/mol. The van der Waals surface area contributed by atoms with Gasteiger partial charge in [-0.1, -0.05) is 9.05 Å². The average Bonchev–Trinajstić information content (AvgIpc) is 1.81. The van der Waals surface area contributed by atoms with E-state index in [0.29, 0.717) is 0 Å². The van der Waals surface area contributed by atoms with Crippen molar-refractivity contribution in [3.8, 4) is 0 Å². The van der Waals surface area contributed by atoms with Crippen LogP contribution in [0, 0.1) is 0 Å². The topological polar surface area (TPSA) is 57.5 Å². The maximum atomic E-state index is 8.50. The molecule has 0 saturated heterocycles. The Hall–Kier alpha value is 2.01. The van der Waals surface area contributed by atoms with Gasteiger partial charge in [0.05, 0.1) is 0 Å². The van der Waals surface area contributed by atoms with Gasteiger partial charge in [0, 0.05) is 0 Å². The Morgan fingerprint density at radius 3 is 0.750 bits per heavy atom. The third-order valence-corrected chi connectivity index (χ3v) is 0. The Morgan fingerprint density at radius 1 is 0.750 bits per heavy atom. The Bertz CT molecular complexity index is 29.0. The van der Waals surface area contributed by atoms with Crippen LogP contribution in [0.25, 0.3) is 0 Å². The Balaban J connectivity index is -0.000000000833. The van der Waals surface area contributed by atoms with Crippen molar-refractivity contribution in [2.75, 3.05) is 0 Å². The van der Waals surface area contributed by atoms with Crippen LogP contribution >= 0.6 is 0 Å². The van der Waals surface area contributed by atoms with Gasteiger partial charge in [-0.3, -0.25) is 18.8 Å². The molecular weight excluding hydrogens is 256 g/mol. The first kappa shape index (κ1) is 94.4. The van der Waals surface area contributed by atoms with E-state index in [0.717, 1.165) is 20.4 Å². The molecule has 0 unspecified atom stereocenters. The minimum atomic E-state index is 0. The summed E-state index contributed by atoms with van der Waals surface area (Å²) >= 11 is 0.750. The van der Waals surface area contributed by atoms with Gasteiger partial charge < -0.3 is 2.85 Å². The summed E-state index contributed by atoms with van der Waals surface area (Å²) in [5.41, 5.74) is 0. The standard InChI is InChI=1S/2FHO.4FH.2Na.O.Ti.2H/c2*1-2;;;;;;;;;;/h2*2H;4*1H;;;;;;/q;;;;;;2*+1;;;2*-1. The second kappa shape index (κ2) is 463. The van der Waals surface area contributed by atoms with Crippen molar-refractivity contribution in [3.63, 3.8) is 0 Å². The van der Waals surface area contributed by atoms with Crippen LogP contribution in [0.15, 0.2) is 0 Å². The molecule has 0 amide bonds. The molecular formula is H8F6Na2O3Ti. The summed E-state index contributed by atoms with van der Waals surface area (Å²) in [6.45, 7) is 0. The molecule has 0 aromatic carbocycles. The van der Waals surface area contributed by atoms with Gasteiger partial charge in [0.15, 0.2) is 0 Å². The van der Waals surface area contributed by atoms with Crippen LogP contribution in [0.3, 0.4) is 0 Å². The second-order valence-electron chi connectivity index (χ2n) is 0. The normalized spacial score (nSPS) is 1.25. The molecule has 12 heteroatoms. The van der Waals surface area contributed by atoms with Crippen molar-refractivity contribution in [3.05, 3.63) is 0 Å². The van der Waals surface area contributed by atoms with Crippen LogP contribution in [0.4, 0.5) is 27.9 Å². The molecule has 0 saturated carbocycles. The molecule has 3 nitrogen and oxygen atoms in total. The summed E-state index contributed by atoms with van der Waals surface area (Å²) in [6, 6.07) is 0. The molecule has 0 rings (SSSR count). The fourth-order valence-electron chi connectivity index (χ4n) is 0. The van der Waals surface area contributed by atoms with Gasteiger partial charge in [-0.15, -0.1) is 0 Å². The SMILES string of the molecule is F.F.F.F.OF.OF.[H-].[H-].[Na+].[Na+].[O]=[Ti]. The molecule has 0 radical (unpaired) electrons. The van der Waals surface area contributed by atoms with E-state index in [4.69, 9.17) is 23.0 Å². The van der Waals surface area contributed by atoms with Crippen molar-refractivity contribution in [2.24, 2.45) is 0 Å². The summed E-state index contributed by atoms with van der Waals surface area (Å²) in [5.74, 6) is 0. The Kier molecular flexibility index (Phi) is 3640. The first-order chi connectivity index (χ1) is 3.00. The quantitative estimate of drug-likeness (QED) is 0.339. The Morgan fingerprint density at radius 2 is 0.750 bits per heavy atom. The molecule has 0 spiro atoms. The van der Waals surface area contributed by atoms with E-state index < -0.39 is 0 Å². The second-order valence-corrected chi connectivity index (χ2v) is 0. The maximum absolute atomic E-state index is 8.50. The van der Waals surface area contributed by atoms with E-state index in [1.807, 2.05) is 0 Å². The molecule has 0 bridgehead atoms. The summed E-state index contributed by atoms with van der Waals surface area (Å²) < 4.78 is 25.2. The van der Waals surface area contributed by atoms with E-state index in [2.05, 4.69) is 0 Å². The van der Waals surface area contributed by atoms with E-state index in [1.165, 1.54) is 0 Å². The molecule has 0 aromatic rings. The zero-order valence-corrected chi connectivity index (χ0v) is 11.8. The van der Waals surface area contributed by atoms with Gasteiger partial charge in [-0.05, 0) is 0 Å². The van der Waals surface area contributed by atoms with E-state index in [9.17, 15) is 0 Å². The van der Waals surface area contributed by atoms with Gasteiger partial charge in [-0.25, -0.2) is 10.6 Å². The van der Waals surface area contributed by atoms with Crippen LogP contribution in [-0.4, -0.2) is 10.6 Å². The summed E-state index contributed by atoms with van der Waals surface area (Å²) in [7, 11) is 0. The van der Waals surface area contributed by atoms with Crippen LogP contribution < -0.4 is 59.1 Å². The molecule has 12 heavy (non-hydrogen) atoms. The van der Waals surface area contributed by atoms with Crippen molar-refractivity contribution in [1.82, 2.24) is 0 Å². The van der Waals surface area contributed by atoms with E-state index in [-0.39, 0.29) is 80.8 Å². The number of hydrogen-bond acceptors (Lipinski definition) is 3. The number of halogens is 6. The molecule has 0 fully saturated rings. The molecule has 74 valence electrons. The minimum absolute atomic E-state index is 0. The summed E-state index contributed by atoms with van der Waals surface area (Å²) in [6.07, 6.45) is 0. The third kappa shape index (κ3) is 359. The van der Waals surface area contributed by atoms with Gasteiger partial charge in [0.25, 0.3) is 0 Å². The Labute approximate surface area is 123 Å². The molecule has 0 aliphatic heterocycles. The van der Waals surface area contributed by atoms with Crippen LogP contribution in [0.5, 0.6) is 0 Å². The monoisotopic (exact) mass is 264 g/mol. The molecule has 2 N–H and O–H groups in total. The molecule has 0 atom stereocenters. The van der Waals surface area contributed by atoms with Crippen molar-refractivity contribution in [2.45, 2.75) is 0 Å². The number of rotatable bonds is 0. The van der Waals surface area contributed by atoms with Crippen molar-refractivity contribution in [1.29, 1.82) is 0 Å².